The van der Waals surface area contributed by atoms with Crippen LogP contribution < -0.4 is 4.74 Å². The number of aromatic nitrogens is 2. The molecule has 0 radical (unpaired) electrons. The highest BCUT2D eigenvalue weighted by Crippen LogP contribution is 2.12. The second kappa shape index (κ2) is 17.1. The summed E-state index contributed by atoms with van der Waals surface area (Å²) < 4.78 is 16.0. The maximum atomic E-state index is 8.64. The molecule has 0 amide bonds. The van der Waals surface area contributed by atoms with Gasteiger partial charge in [0.25, 0.3) is 0 Å². The molecular formula is C22H31Cl3N4O4. The standard InChI is InChI=1S/C11H15ClN2O2.C6H12ClNO.C5H4ClNO/c12-11-2-1-10(9-13-11)16-8-5-14-3-6-15-7-4-14;7-1-2-8-3-5-9-6-4-8;6-5-2-1-4(8)3-7-5/h1-2,9H,3-8H2;1-6H2;1-3,8H. The van der Waals surface area contributed by atoms with Gasteiger partial charge in [0.15, 0.2) is 0 Å². The number of hydrogen-bond acceptors (Lipinski definition) is 8. The van der Waals surface area contributed by atoms with Gasteiger partial charge in [-0.1, -0.05) is 23.2 Å². The Balaban J connectivity index is 0.000000192. The molecule has 2 fully saturated rings. The first-order chi connectivity index (χ1) is 16.1. The fraction of sp³-hybridized carbons (Fsp3) is 0.545. The summed E-state index contributed by atoms with van der Waals surface area (Å²) in [6.07, 6.45) is 2.93. The highest BCUT2D eigenvalue weighted by molar-refractivity contribution is 6.29. The number of rotatable bonds is 6. The van der Waals surface area contributed by atoms with Crippen LogP contribution >= 0.6 is 34.8 Å². The zero-order valence-corrected chi connectivity index (χ0v) is 20.8. The Morgan fingerprint density at radius 1 is 0.818 bits per heavy atom. The van der Waals surface area contributed by atoms with Crippen LogP contribution in [0.2, 0.25) is 10.3 Å². The normalized spacial score (nSPS) is 16.7. The summed E-state index contributed by atoms with van der Waals surface area (Å²) in [7, 11) is 0. The fourth-order valence-corrected chi connectivity index (χ4v) is 3.34. The predicted molar refractivity (Wildman–Crippen MR) is 131 cm³/mol. The molecule has 1 N–H and O–H groups in total. The smallest absolute Gasteiger partial charge is 0.137 e. The molecule has 0 atom stereocenters. The Morgan fingerprint density at radius 3 is 1.82 bits per heavy atom. The van der Waals surface area contributed by atoms with Gasteiger partial charge in [0.05, 0.1) is 38.8 Å². The van der Waals surface area contributed by atoms with Crippen LogP contribution in [0.3, 0.4) is 0 Å². The van der Waals surface area contributed by atoms with E-state index >= 15 is 0 Å². The van der Waals surface area contributed by atoms with E-state index in [-0.39, 0.29) is 5.75 Å². The van der Waals surface area contributed by atoms with Crippen LogP contribution in [0, 0.1) is 0 Å². The number of morpholine rings is 2. The van der Waals surface area contributed by atoms with Crippen LogP contribution in [0.15, 0.2) is 36.7 Å². The molecule has 0 spiro atoms. The van der Waals surface area contributed by atoms with Crippen LogP contribution in [0.5, 0.6) is 11.5 Å². The molecule has 0 saturated carbocycles. The van der Waals surface area contributed by atoms with E-state index in [9.17, 15) is 0 Å². The first kappa shape index (κ1) is 27.9. The summed E-state index contributed by atoms with van der Waals surface area (Å²) in [4.78, 5) is 12.2. The average Bonchev–Trinajstić information content (AvgIpc) is 2.85. The lowest BCUT2D eigenvalue weighted by molar-refractivity contribution is 0.0322. The van der Waals surface area contributed by atoms with Gasteiger partial charge in [-0.25, -0.2) is 9.97 Å². The van der Waals surface area contributed by atoms with Crippen LogP contribution in [-0.2, 0) is 9.47 Å². The van der Waals surface area contributed by atoms with Gasteiger partial charge in [-0.3, -0.25) is 9.80 Å². The maximum absolute atomic E-state index is 8.64. The Labute approximate surface area is 210 Å². The van der Waals surface area contributed by atoms with Crippen molar-refractivity contribution in [3.8, 4) is 11.5 Å². The Bertz CT molecular complexity index is 721. The van der Waals surface area contributed by atoms with E-state index in [1.165, 1.54) is 18.3 Å². The third kappa shape index (κ3) is 13.2. The molecule has 4 heterocycles. The molecule has 2 aromatic rings. The second-order valence-electron chi connectivity index (χ2n) is 7.10. The van der Waals surface area contributed by atoms with Crippen LogP contribution in [0.4, 0.5) is 0 Å². The van der Waals surface area contributed by atoms with Crippen LogP contribution in [0.1, 0.15) is 0 Å². The molecule has 11 heteroatoms. The van der Waals surface area contributed by atoms with Gasteiger partial charge >= 0.3 is 0 Å². The lowest BCUT2D eigenvalue weighted by atomic mass is 10.4. The molecule has 0 bridgehead atoms. The molecule has 2 saturated heterocycles. The molecule has 0 aromatic carbocycles. The number of hydrogen-bond donors (Lipinski definition) is 1. The molecule has 8 nitrogen and oxygen atoms in total. The first-order valence-corrected chi connectivity index (χ1v) is 12.1. The van der Waals surface area contributed by atoms with Gasteiger partial charge in [-0.15, -0.1) is 11.6 Å². The summed E-state index contributed by atoms with van der Waals surface area (Å²) in [5, 5.41) is 9.51. The van der Waals surface area contributed by atoms with Gasteiger partial charge < -0.3 is 19.3 Å². The molecule has 2 aliphatic heterocycles. The van der Waals surface area contributed by atoms with E-state index in [1.54, 1.807) is 12.3 Å². The van der Waals surface area contributed by atoms with Crippen molar-refractivity contribution < 1.29 is 19.3 Å². The van der Waals surface area contributed by atoms with E-state index in [4.69, 9.17) is 54.1 Å². The molecule has 0 unspecified atom stereocenters. The lowest BCUT2D eigenvalue weighted by Crippen LogP contribution is -2.38. The summed E-state index contributed by atoms with van der Waals surface area (Å²) >= 11 is 16.6. The summed E-state index contributed by atoms with van der Waals surface area (Å²) in [6.45, 7) is 10.1. The van der Waals surface area contributed by atoms with E-state index in [0.29, 0.717) is 16.9 Å². The molecular weight excluding hydrogens is 491 g/mol. The topological polar surface area (TPSA) is 80.2 Å². The zero-order valence-electron chi connectivity index (χ0n) is 18.5. The molecule has 4 rings (SSSR count). The van der Waals surface area contributed by atoms with Crippen LogP contribution in [-0.4, -0.2) is 103 Å². The predicted octanol–water partition coefficient (Wildman–Crippen LogP) is 3.44. The minimum absolute atomic E-state index is 0.134. The third-order valence-corrected chi connectivity index (χ3v) is 5.31. The third-order valence-electron chi connectivity index (χ3n) is 4.70. The van der Waals surface area contributed by atoms with Gasteiger partial charge in [0.1, 0.15) is 28.4 Å². The van der Waals surface area contributed by atoms with Crippen molar-refractivity contribution in [3.05, 3.63) is 47.0 Å². The zero-order chi connectivity index (χ0) is 23.7. The largest absolute Gasteiger partial charge is 0.506 e. The SMILES string of the molecule is ClCCN1CCOCC1.Clc1ccc(OCCN2CCOCC2)cn1.Oc1ccc(Cl)nc1. The summed E-state index contributed by atoms with van der Waals surface area (Å²) in [5.74, 6) is 1.63. The highest BCUT2D eigenvalue weighted by atomic mass is 35.5. The molecule has 2 aromatic heterocycles. The minimum atomic E-state index is 0.134. The van der Waals surface area contributed by atoms with E-state index < -0.39 is 0 Å². The van der Waals surface area contributed by atoms with Gasteiger partial charge in [-0.05, 0) is 24.3 Å². The Morgan fingerprint density at radius 2 is 1.36 bits per heavy atom. The van der Waals surface area contributed by atoms with Gasteiger partial charge in [-0.2, -0.15) is 0 Å². The molecule has 184 valence electrons. The Kier molecular flexibility index (Phi) is 14.4. The molecule has 0 aliphatic carbocycles. The van der Waals surface area contributed by atoms with E-state index in [1.807, 2.05) is 6.07 Å². The quantitative estimate of drug-likeness (QED) is 0.457. The van der Waals surface area contributed by atoms with Crippen molar-refractivity contribution in [1.29, 1.82) is 0 Å². The first-order valence-electron chi connectivity index (χ1n) is 10.8. The number of aromatic hydroxyl groups is 1. The van der Waals surface area contributed by atoms with Crippen molar-refractivity contribution in [2.24, 2.45) is 0 Å². The maximum Gasteiger partial charge on any atom is 0.137 e. The van der Waals surface area contributed by atoms with Gasteiger partial charge in [0, 0.05) is 45.1 Å². The van der Waals surface area contributed by atoms with Crippen LogP contribution in [0.25, 0.3) is 0 Å². The summed E-state index contributed by atoms with van der Waals surface area (Å²) in [6, 6.07) is 6.56. The lowest BCUT2D eigenvalue weighted by Gasteiger charge is -2.26. The van der Waals surface area contributed by atoms with Gasteiger partial charge in [0.2, 0.25) is 0 Å². The van der Waals surface area contributed by atoms with E-state index in [2.05, 4.69) is 19.8 Å². The number of pyridine rings is 2. The highest BCUT2D eigenvalue weighted by Gasteiger charge is 2.09. The van der Waals surface area contributed by atoms with Crippen molar-refractivity contribution in [2.75, 3.05) is 78.2 Å². The number of halogens is 3. The van der Waals surface area contributed by atoms with Crippen molar-refractivity contribution >= 4 is 34.8 Å². The number of nitrogens with zero attached hydrogens (tertiary/aromatic N) is 4. The van der Waals surface area contributed by atoms with E-state index in [0.717, 1.165) is 77.3 Å². The fourth-order valence-electron chi connectivity index (χ4n) is 2.88. The van der Waals surface area contributed by atoms with Crippen molar-refractivity contribution in [2.45, 2.75) is 0 Å². The number of alkyl halides is 1. The second-order valence-corrected chi connectivity index (χ2v) is 8.25. The summed E-state index contributed by atoms with van der Waals surface area (Å²) in [5.41, 5.74) is 0. The van der Waals surface area contributed by atoms with Crippen molar-refractivity contribution in [3.63, 3.8) is 0 Å². The minimum Gasteiger partial charge on any atom is -0.506 e. The average molecular weight is 522 g/mol. The Hall–Kier alpha value is -1.39. The van der Waals surface area contributed by atoms with Crippen molar-refractivity contribution in [1.82, 2.24) is 19.8 Å². The molecule has 33 heavy (non-hydrogen) atoms. The monoisotopic (exact) mass is 520 g/mol. The molecule has 2 aliphatic rings. The number of ether oxygens (including phenoxy) is 3.